The molecule has 0 bridgehead atoms. The van der Waals surface area contributed by atoms with E-state index in [9.17, 15) is 19.8 Å². The Labute approximate surface area is 407 Å². The lowest BCUT2D eigenvalue weighted by Gasteiger charge is -2.24. The average Bonchev–Trinajstić information content (AvgIpc) is 3.31. The smallest absolute Gasteiger partial charge is 0.306 e. The summed E-state index contributed by atoms with van der Waals surface area (Å²) in [5.41, 5.74) is 0. The van der Waals surface area contributed by atoms with Crippen LogP contribution in [0.3, 0.4) is 0 Å². The Bertz CT molecular complexity index is 1350. The Morgan fingerprint density at radius 2 is 0.879 bits per heavy atom. The molecular weight excluding hydrogens is 815 g/mol. The van der Waals surface area contributed by atoms with Gasteiger partial charge in [0.05, 0.1) is 25.2 Å². The van der Waals surface area contributed by atoms with Gasteiger partial charge in [-0.1, -0.05) is 246 Å². The minimum atomic E-state index is -0.818. The highest BCUT2D eigenvalue weighted by atomic mass is 16.5. The summed E-state index contributed by atoms with van der Waals surface area (Å²) in [5, 5.41) is 23.8. The van der Waals surface area contributed by atoms with Crippen molar-refractivity contribution in [2.75, 3.05) is 6.61 Å². The lowest BCUT2D eigenvalue weighted by atomic mass is 10.0. The predicted molar refractivity (Wildman–Crippen MR) is 287 cm³/mol. The summed E-state index contributed by atoms with van der Waals surface area (Å²) in [5.74, 6) is -0.618. The summed E-state index contributed by atoms with van der Waals surface area (Å²) in [6.45, 7) is 6.30. The molecule has 0 aromatic carbocycles. The molecule has 66 heavy (non-hydrogen) atoms. The van der Waals surface area contributed by atoms with E-state index in [0.29, 0.717) is 19.3 Å². The lowest BCUT2D eigenvalue weighted by Crippen LogP contribution is -2.46. The van der Waals surface area contributed by atoms with E-state index in [2.05, 4.69) is 111 Å². The van der Waals surface area contributed by atoms with Crippen LogP contribution in [0.1, 0.15) is 233 Å². The standard InChI is InChI=1S/C60H101NO5/c1-4-7-10-13-16-19-22-25-28-31-33-36-39-42-45-48-51-56(66-60(65)53-50-47-44-41-38-35-32-29-26-23-20-17-14-11-8-5-2)54-59(64)61-57(55-62)58(63)52-49-46-43-40-37-34-30-27-24-21-18-15-12-9-6-3/h8,11,16-17,19-20,22,25-26,28-29,31,33,35-36,38,44,47,56-58,62-63H,4-7,9-10,12-15,18,21,23-24,27,30,32,34,37,39-43,45-46,48-55H2,1-3H3,(H,61,64)/b11-8+,19-16+,20-17+,25-22+,29-26+,31-28+,36-33+,38-35+,47-44+. The zero-order chi connectivity index (χ0) is 48.1. The van der Waals surface area contributed by atoms with Crippen molar-refractivity contribution in [3.05, 3.63) is 109 Å². The Balaban J connectivity index is 4.78. The number of allylic oxidation sites excluding steroid dienone is 18. The fourth-order valence-electron chi connectivity index (χ4n) is 7.61. The Morgan fingerprint density at radius 3 is 1.38 bits per heavy atom. The number of hydrogen-bond donors (Lipinski definition) is 3. The average molecular weight is 916 g/mol. The molecule has 0 aromatic rings. The van der Waals surface area contributed by atoms with Gasteiger partial charge in [-0.2, -0.15) is 0 Å². The third-order valence-electron chi connectivity index (χ3n) is 11.7. The van der Waals surface area contributed by atoms with Crippen LogP contribution < -0.4 is 5.32 Å². The normalized spacial score (nSPS) is 14.1. The maximum atomic E-state index is 13.2. The summed E-state index contributed by atoms with van der Waals surface area (Å²) < 4.78 is 5.88. The number of amides is 1. The molecular formula is C60H101NO5. The molecule has 376 valence electrons. The van der Waals surface area contributed by atoms with Crippen molar-refractivity contribution in [2.24, 2.45) is 0 Å². The first-order valence-electron chi connectivity index (χ1n) is 27.2. The number of nitrogens with one attached hydrogen (secondary N) is 1. The van der Waals surface area contributed by atoms with Gasteiger partial charge in [-0.25, -0.2) is 0 Å². The van der Waals surface area contributed by atoms with Crippen LogP contribution >= 0.6 is 0 Å². The summed E-state index contributed by atoms with van der Waals surface area (Å²) in [6.07, 6.45) is 71.5. The highest BCUT2D eigenvalue weighted by molar-refractivity contribution is 5.77. The molecule has 3 unspecified atom stereocenters. The van der Waals surface area contributed by atoms with Gasteiger partial charge in [0.1, 0.15) is 6.10 Å². The van der Waals surface area contributed by atoms with Crippen molar-refractivity contribution in [3.63, 3.8) is 0 Å². The van der Waals surface area contributed by atoms with E-state index in [4.69, 9.17) is 4.74 Å². The lowest BCUT2D eigenvalue weighted by molar-refractivity contribution is -0.150. The molecule has 0 saturated heterocycles. The molecule has 3 atom stereocenters. The summed E-state index contributed by atoms with van der Waals surface area (Å²) in [6, 6.07) is -0.737. The van der Waals surface area contributed by atoms with Gasteiger partial charge in [0, 0.05) is 6.42 Å². The van der Waals surface area contributed by atoms with Crippen LogP contribution in [0.15, 0.2) is 109 Å². The Kier molecular flexibility index (Phi) is 49.7. The number of aliphatic hydroxyl groups is 2. The number of carbonyl (C=O) groups is 2. The fourth-order valence-corrected chi connectivity index (χ4v) is 7.61. The molecule has 3 N–H and O–H groups in total. The number of rotatable bonds is 47. The highest BCUT2D eigenvalue weighted by Gasteiger charge is 2.24. The first-order valence-corrected chi connectivity index (χ1v) is 27.2. The van der Waals surface area contributed by atoms with E-state index >= 15 is 0 Å². The van der Waals surface area contributed by atoms with Crippen LogP contribution in [-0.2, 0) is 14.3 Å². The molecule has 0 aromatic heterocycles. The van der Waals surface area contributed by atoms with Crippen LogP contribution in [-0.4, -0.2) is 46.9 Å². The number of esters is 1. The summed E-state index contributed by atoms with van der Waals surface area (Å²) in [7, 11) is 0. The highest BCUT2D eigenvalue weighted by Crippen LogP contribution is 2.17. The van der Waals surface area contributed by atoms with Crippen LogP contribution in [0.2, 0.25) is 0 Å². The first kappa shape index (κ1) is 62.5. The third-order valence-corrected chi connectivity index (χ3v) is 11.7. The number of ether oxygens (including phenoxy) is 1. The Morgan fingerprint density at radius 1 is 0.470 bits per heavy atom. The van der Waals surface area contributed by atoms with Gasteiger partial charge >= 0.3 is 5.97 Å². The van der Waals surface area contributed by atoms with Crippen LogP contribution in [0.4, 0.5) is 0 Å². The minimum Gasteiger partial charge on any atom is -0.462 e. The molecule has 6 nitrogen and oxygen atoms in total. The van der Waals surface area contributed by atoms with E-state index in [-0.39, 0.29) is 31.3 Å². The molecule has 0 spiro atoms. The van der Waals surface area contributed by atoms with Crippen molar-refractivity contribution in [3.8, 4) is 0 Å². The van der Waals surface area contributed by atoms with Gasteiger partial charge in [-0.3, -0.25) is 9.59 Å². The minimum absolute atomic E-state index is 0.0156. The maximum absolute atomic E-state index is 13.2. The van der Waals surface area contributed by atoms with E-state index in [1.54, 1.807) is 0 Å². The number of unbranched alkanes of at least 4 members (excludes halogenated alkanes) is 20. The molecule has 0 rings (SSSR count). The molecule has 0 radical (unpaired) electrons. The SMILES string of the molecule is CC/C=C/C/C=C/C/C=C/C/C=C/C/C=C/CCC(=O)OC(CCCCC/C=C/C=C/C=C/C=C/CCCCC)CC(=O)NC(CO)C(O)CCCCCCCCCCCCCCCCC. The van der Waals surface area contributed by atoms with Crippen LogP contribution in [0.5, 0.6) is 0 Å². The van der Waals surface area contributed by atoms with Crippen molar-refractivity contribution in [2.45, 2.75) is 251 Å². The van der Waals surface area contributed by atoms with Crippen molar-refractivity contribution in [1.82, 2.24) is 5.32 Å². The summed E-state index contributed by atoms with van der Waals surface area (Å²) in [4.78, 5) is 26.2. The number of hydrogen-bond acceptors (Lipinski definition) is 5. The predicted octanol–water partition coefficient (Wildman–Crippen LogP) is 16.7. The quantitative estimate of drug-likeness (QED) is 0.0245. The van der Waals surface area contributed by atoms with Gasteiger partial charge in [-0.05, 0) is 83.5 Å². The maximum Gasteiger partial charge on any atom is 0.306 e. The monoisotopic (exact) mass is 916 g/mol. The van der Waals surface area contributed by atoms with Crippen molar-refractivity contribution >= 4 is 11.9 Å². The van der Waals surface area contributed by atoms with Gasteiger partial charge in [0.15, 0.2) is 0 Å². The van der Waals surface area contributed by atoms with E-state index in [1.165, 1.54) is 96.3 Å². The molecule has 0 aliphatic carbocycles. The second-order valence-corrected chi connectivity index (χ2v) is 18.0. The zero-order valence-electron chi connectivity index (χ0n) is 42.8. The van der Waals surface area contributed by atoms with E-state index in [1.807, 2.05) is 24.3 Å². The second-order valence-electron chi connectivity index (χ2n) is 18.0. The van der Waals surface area contributed by atoms with Gasteiger partial charge in [-0.15, -0.1) is 0 Å². The number of carbonyl (C=O) groups excluding carboxylic acids is 2. The topological polar surface area (TPSA) is 95.9 Å². The molecule has 0 aliphatic rings. The fraction of sp³-hybridized carbons (Fsp3) is 0.667. The van der Waals surface area contributed by atoms with Gasteiger partial charge in [0.2, 0.25) is 5.91 Å². The molecule has 6 heteroatoms. The third kappa shape index (κ3) is 47.0. The van der Waals surface area contributed by atoms with E-state index in [0.717, 1.165) is 83.5 Å². The largest absolute Gasteiger partial charge is 0.462 e. The second kappa shape index (κ2) is 52.5. The molecule has 0 saturated carbocycles. The van der Waals surface area contributed by atoms with Crippen molar-refractivity contribution < 1.29 is 24.5 Å². The first-order chi connectivity index (χ1) is 32.5. The van der Waals surface area contributed by atoms with Gasteiger partial charge < -0.3 is 20.3 Å². The molecule has 1 amide bonds. The molecule has 0 fully saturated rings. The van der Waals surface area contributed by atoms with Gasteiger partial charge in [0.25, 0.3) is 0 Å². The van der Waals surface area contributed by atoms with E-state index < -0.39 is 18.2 Å². The molecule has 0 heterocycles. The summed E-state index contributed by atoms with van der Waals surface area (Å²) >= 11 is 0. The van der Waals surface area contributed by atoms with Crippen LogP contribution in [0, 0.1) is 0 Å². The van der Waals surface area contributed by atoms with Crippen LogP contribution in [0.25, 0.3) is 0 Å². The number of aliphatic hydroxyl groups excluding tert-OH is 2. The Hall–Kier alpha value is -3.48. The molecule has 0 aliphatic heterocycles. The van der Waals surface area contributed by atoms with Crippen molar-refractivity contribution in [1.29, 1.82) is 0 Å². The zero-order valence-corrected chi connectivity index (χ0v) is 42.8.